The molecule has 1 aliphatic carbocycles. The summed E-state index contributed by atoms with van der Waals surface area (Å²) in [5.74, 6) is 0.118. The fourth-order valence-corrected chi connectivity index (χ4v) is 4.60. The predicted octanol–water partition coefficient (Wildman–Crippen LogP) is 3.70. The highest BCUT2D eigenvalue weighted by molar-refractivity contribution is 7.99. The molecule has 1 amide bonds. The lowest BCUT2D eigenvalue weighted by molar-refractivity contribution is -0.119. The fraction of sp³-hybridized carbons (Fsp3) is 0.318. The van der Waals surface area contributed by atoms with Gasteiger partial charge in [0.05, 0.1) is 22.8 Å². The van der Waals surface area contributed by atoms with Crippen LogP contribution in [0.5, 0.6) is 0 Å². The molecule has 0 unspecified atom stereocenters. The van der Waals surface area contributed by atoms with Gasteiger partial charge in [0.15, 0.2) is 5.03 Å². The van der Waals surface area contributed by atoms with E-state index in [1.807, 2.05) is 43.3 Å². The molecule has 0 spiro atoms. The molecule has 2 aromatic carbocycles. The van der Waals surface area contributed by atoms with Crippen LogP contribution in [-0.2, 0) is 17.8 Å². The van der Waals surface area contributed by atoms with Crippen LogP contribution in [0.3, 0.4) is 0 Å². The lowest BCUT2D eigenvalue weighted by Crippen LogP contribution is -2.32. The molecule has 0 radical (unpaired) electrons. The van der Waals surface area contributed by atoms with Crippen LogP contribution in [0.4, 0.5) is 0 Å². The monoisotopic (exact) mass is 393 g/mol. The van der Waals surface area contributed by atoms with Gasteiger partial charge in [-0.3, -0.25) is 9.59 Å². The normalized spacial score (nSPS) is 16.0. The summed E-state index contributed by atoms with van der Waals surface area (Å²) in [7, 11) is 0. The maximum Gasteiger partial charge on any atom is 0.283 e. The van der Waals surface area contributed by atoms with Crippen molar-refractivity contribution >= 4 is 28.7 Å². The number of carbonyl (C=O) groups is 1. The number of hydrogen-bond donors (Lipinski definition) is 1. The van der Waals surface area contributed by atoms with Gasteiger partial charge in [0.25, 0.3) is 5.56 Å². The van der Waals surface area contributed by atoms with Gasteiger partial charge in [0.1, 0.15) is 0 Å². The van der Waals surface area contributed by atoms with Gasteiger partial charge in [-0.15, -0.1) is 0 Å². The van der Waals surface area contributed by atoms with Crippen LogP contribution in [0.15, 0.2) is 58.4 Å². The first-order chi connectivity index (χ1) is 13.7. The molecule has 0 bridgehead atoms. The lowest BCUT2D eigenvalue weighted by Gasteiger charge is -2.26. The number of aryl methyl sites for hydroxylation is 2. The summed E-state index contributed by atoms with van der Waals surface area (Å²) < 4.78 is 1.71. The van der Waals surface area contributed by atoms with Crippen molar-refractivity contribution in [1.82, 2.24) is 14.9 Å². The molecule has 1 N–H and O–H groups in total. The summed E-state index contributed by atoms with van der Waals surface area (Å²) in [6.45, 7) is 2.51. The van der Waals surface area contributed by atoms with Gasteiger partial charge in [-0.2, -0.15) is 0 Å². The van der Waals surface area contributed by atoms with Crippen molar-refractivity contribution in [1.29, 1.82) is 0 Å². The van der Waals surface area contributed by atoms with Gasteiger partial charge >= 0.3 is 0 Å². The van der Waals surface area contributed by atoms with Crippen molar-refractivity contribution in [3.63, 3.8) is 0 Å². The van der Waals surface area contributed by atoms with Crippen LogP contribution in [0.1, 0.15) is 36.9 Å². The second kappa shape index (κ2) is 8.19. The van der Waals surface area contributed by atoms with Gasteiger partial charge in [-0.05, 0) is 49.4 Å². The zero-order chi connectivity index (χ0) is 19.5. The van der Waals surface area contributed by atoms with E-state index < -0.39 is 0 Å². The molecule has 1 atom stereocenters. The number of para-hydroxylation sites is 2. The van der Waals surface area contributed by atoms with Crippen molar-refractivity contribution in [2.75, 3.05) is 5.75 Å². The Bertz CT molecular complexity index is 1080. The summed E-state index contributed by atoms with van der Waals surface area (Å²) in [5.41, 5.74) is 3.98. The van der Waals surface area contributed by atoms with Crippen LogP contribution in [0.25, 0.3) is 11.0 Å². The Labute approximate surface area is 168 Å². The van der Waals surface area contributed by atoms with E-state index in [2.05, 4.69) is 22.4 Å². The van der Waals surface area contributed by atoms with Gasteiger partial charge in [-0.1, -0.05) is 48.2 Å². The third-order valence-electron chi connectivity index (χ3n) is 5.18. The largest absolute Gasteiger partial charge is 0.349 e. The maximum absolute atomic E-state index is 12.7. The van der Waals surface area contributed by atoms with E-state index in [4.69, 9.17) is 0 Å². The van der Waals surface area contributed by atoms with Gasteiger partial charge in [-0.25, -0.2) is 4.98 Å². The average molecular weight is 394 g/mol. The number of benzene rings is 2. The van der Waals surface area contributed by atoms with Crippen LogP contribution < -0.4 is 10.9 Å². The molecule has 0 aliphatic heterocycles. The zero-order valence-electron chi connectivity index (χ0n) is 15.9. The highest BCUT2D eigenvalue weighted by Gasteiger charge is 2.21. The molecule has 28 heavy (non-hydrogen) atoms. The quantitative estimate of drug-likeness (QED) is 0.672. The first kappa shape index (κ1) is 18.7. The van der Waals surface area contributed by atoms with Crippen LogP contribution in [0, 0.1) is 0 Å². The number of hydrogen-bond acceptors (Lipinski definition) is 4. The Hall–Kier alpha value is -2.60. The number of carbonyl (C=O) groups excluding carboxylic acids is 1. The molecule has 1 heterocycles. The third-order valence-corrected chi connectivity index (χ3v) is 6.13. The Balaban J connectivity index is 1.49. The van der Waals surface area contributed by atoms with E-state index in [-0.39, 0.29) is 23.3 Å². The summed E-state index contributed by atoms with van der Waals surface area (Å²) in [6, 6.07) is 15.9. The number of thioether (sulfide) groups is 1. The van der Waals surface area contributed by atoms with E-state index >= 15 is 0 Å². The molecule has 0 saturated carbocycles. The Morgan fingerprint density at radius 2 is 2.00 bits per heavy atom. The van der Waals surface area contributed by atoms with Gasteiger partial charge in [0.2, 0.25) is 5.91 Å². The zero-order valence-corrected chi connectivity index (χ0v) is 16.7. The molecule has 1 aromatic heterocycles. The van der Waals surface area contributed by atoms with Gasteiger partial charge in [0, 0.05) is 6.54 Å². The molecule has 3 aromatic rings. The van der Waals surface area contributed by atoms with E-state index in [1.54, 1.807) is 4.57 Å². The molecule has 1 aliphatic rings. The molecule has 4 rings (SSSR count). The molecular formula is C22H23N3O2S. The Morgan fingerprint density at radius 1 is 1.21 bits per heavy atom. The van der Waals surface area contributed by atoms with E-state index in [0.717, 1.165) is 30.3 Å². The summed E-state index contributed by atoms with van der Waals surface area (Å²) >= 11 is 1.21. The highest BCUT2D eigenvalue weighted by Crippen LogP contribution is 2.29. The van der Waals surface area contributed by atoms with Crippen molar-refractivity contribution in [3.05, 3.63) is 70.0 Å². The summed E-state index contributed by atoms with van der Waals surface area (Å²) in [4.78, 5) is 29.8. The van der Waals surface area contributed by atoms with E-state index in [0.29, 0.717) is 11.6 Å². The molecule has 0 saturated heterocycles. The van der Waals surface area contributed by atoms with Crippen LogP contribution in [-0.4, -0.2) is 21.2 Å². The summed E-state index contributed by atoms with van der Waals surface area (Å²) in [5, 5.41) is 3.51. The van der Waals surface area contributed by atoms with Crippen LogP contribution >= 0.6 is 11.8 Å². The Morgan fingerprint density at radius 3 is 2.86 bits per heavy atom. The van der Waals surface area contributed by atoms with Crippen LogP contribution in [0.2, 0.25) is 0 Å². The minimum Gasteiger partial charge on any atom is -0.349 e. The smallest absolute Gasteiger partial charge is 0.283 e. The standard InChI is InChI=1S/C22H23N3O2S/c1-2-25-19-13-6-5-11-18(19)24-21(22(25)27)28-14-20(26)23-17-12-7-9-15-8-3-4-10-16(15)17/h3-6,8,10-11,13,17H,2,7,9,12,14H2,1H3,(H,23,26)/t17-/m0/s1. The second-order valence-electron chi connectivity index (χ2n) is 6.95. The van der Waals surface area contributed by atoms with E-state index in [1.165, 1.54) is 22.9 Å². The molecular weight excluding hydrogens is 370 g/mol. The molecule has 5 nitrogen and oxygen atoms in total. The third kappa shape index (κ3) is 3.69. The topological polar surface area (TPSA) is 64.0 Å². The lowest BCUT2D eigenvalue weighted by atomic mass is 9.88. The highest BCUT2D eigenvalue weighted by atomic mass is 32.2. The first-order valence-corrected chi connectivity index (χ1v) is 10.7. The first-order valence-electron chi connectivity index (χ1n) is 9.67. The number of amides is 1. The Kier molecular flexibility index (Phi) is 5.48. The van der Waals surface area contributed by atoms with Crippen molar-refractivity contribution in [2.24, 2.45) is 0 Å². The SMILES string of the molecule is CCn1c(=O)c(SCC(=O)N[C@H]2CCCc3ccccc32)nc2ccccc21. The maximum atomic E-state index is 12.7. The number of rotatable bonds is 5. The predicted molar refractivity (Wildman–Crippen MR) is 113 cm³/mol. The van der Waals surface area contributed by atoms with Crippen molar-refractivity contribution in [3.8, 4) is 0 Å². The minimum absolute atomic E-state index is 0.0508. The number of nitrogens with zero attached hydrogens (tertiary/aromatic N) is 2. The summed E-state index contributed by atoms with van der Waals surface area (Å²) in [6.07, 6.45) is 3.09. The molecule has 0 fully saturated rings. The van der Waals surface area contributed by atoms with Crippen molar-refractivity contribution < 1.29 is 4.79 Å². The van der Waals surface area contributed by atoms with Crippen molar-refractivity contribution in [2.45, 2.75) is 43.8 Å². The minimum atomic E-state index is -0.137. The van der Waals surface area contributed by atoms with Gasteiger partial charge < -0.3 is 9.88 Å². The number of nitrogens with one attached hydrogen (secondary N) is 1. The average Bonchev–Trinajstić information content (AvgIpc) is 2.72. The molecule has 6 heteroatoms. The second-order valence-corrected chi connectivity index (χ2v) is 7.92. The number of fused-ring (bicyclic) bond motifs is 2. The number of aromatic nitrogens is 2. The molecule has 144 valence electrons. The van der Waals surface area contributed by atoms with E-state index in [9.17, 15) is 9.59 Å². The fourth-order valence-electron chi connectivity index (χ4n) is 3.85.